The van der Waals surface area contributed by atoms with Crippen molar-refractivity contribution in [3.8, 4) is 0 Å². The van der Waals surface area contributed by atoms with Crippen LogP contribution < -0.4 is 5.32 Å². The van der Waals surface area contributed by atoms with Crippen LogP contribution in [0.25, 0.3) is 0 Å². The molecule has 6 aliphatic rings. The van der Waals surface area contributed by atoms with E-state index in [0.29, 0.717) is 36.6 Å². The highest BCUT2D eigenvalue weighted by molar-refractivity contribution is 6.06. The molecule has 240 valence electrons. The summed E-state index contributed by atoms with van der Waals surface area (Å²) in [7, 11) is 0. The SMILES string of the molecule is CC(=O)OC1CCC2(C)C(CCC3(C)C4CC[C@@]5(C(=O)NCCN6CCCC6)CC(=O)C(C(C)C)=C5C4CCC32)C1(C)C. The van der Waals surface area contributed by atoms with Gasteiger partial charge >= 0.3 is 5.97 Å². The van der Waals surface area contributed by atoms with Gasteiger partial charge in [-0.2, -0.15) is 0 Å². The van der Waals surface area contributed by atoms with Crippen LogP contribution in [-0.2, 0) is 19.1 Å². The lowest BCUT2D eigenvalue weighted by molar-refractivity contribution is -0.212. The van der Waals surface area contributed by atoms with Gasteiger partial charge in [-0.3, -0.25) is 14.4 Å². The zero-order chi connectivity index (χ0) is 30.9. The van der Waals surface area contributed by atoms with Crippen LogP contribution in [0.1, 0.15) is 119 Å². The maximum atomic E-state index is 14.2. The molecule has 8 atom stereocenters. The molecule has 1 amide bonds. The number of esters is 1. The number of carbonyl (C=O) groups is 3. The number of nitrogens with zero attached hydrogens (tertiary/aromatic N) is 1. The molecule has 6 nitrogen and oxygen atoms in total. The second-order valence-corrected chi connectivity index (χ2v) is 16.9. The third-order valence-corrected chi connectivity index (χ3v) is 14.2. The maximum absolute atomic E-state index is 14.2. The molecule has 4 saturated carbocycles. The molecule has 6 rings (SSSR count). The van der Waals surface area contributed by atoms with E-state index in [1.807, 2.05) is 0 Å². The zero-order valence-electron chi connectivity index (χ0n) is 28.2. The van der Waals surface area contributed by atoms with Gasteiger partial charge in [-0.15, -0.1) is 0 Å². The van der Waals surface area contributed by atoms with E-state index in [1.165, 1.54) is 24.8 Å². The van der Waals surface area contributed by atoms with Crippen molar-refractivity contribution >= 4 is 17.7 Å². The van der Waals surface area contributed by atoms with Gasteiger partial charge in [0.25, 0.3) is 0 Å². The minimum atomic E-state index is -0.642. The molecule has 5 aliphatic carbocycles. The van der Waals surface area contributed by atoms with E-state index in [2.05, 4.69) is 51.8 Å². The molecular formula is C37H58N2O4. The molecule has 0 spiro atoms. The number of likely N-dealkylation sites (tertiary alicyclic amines) is 1. The number of nitrogens with one attached hydrogen (secondary N) is 1. The number of Topliss-reactive ketones (excluding diaryl/α,β-unsaturated/α-hetero) is 1. The molecule has 0 aromatic carbocycles. The van der Waals surface area contributed by atoms with Crippen molar-refractivity contribution in [2.24, 2.45) is 51.2 Å². The Kier molecular flexibility index (Phi) is 7.99. The van der Waals surface area contributed by atoms with Gasteiger partial charge in [0.15, 0.2) is 5.78 Å². The van der Waals surface area contributed by atoms with Gasteiger partial charge in [-0.25, -0.2) is 0 Å². The first-order valence-electron chi connectivity index (χ1n) is 17.7. The van der Waals surface area contributed by atoms with Gasteiger partial charge in [-0.05, 0) is 129 Å². The molecule has 0 radical (unpaired) electrons. The molecule has 0 bridgehead atoms. The minimum absolute atomic E-state index is 0.00805. The number of rotatable bonds is 6. The van der Waals surface area contributed by atoms with Gasteiger partial charge < -0.3 is 15.0 Å². The Morgan fingerprint density at radius 2 is 1.63 bits per heavy atom. The summed E-state index contributed by atoms with van der Waals surface area (Å²) in [6, 6.07) is 0. The van der Waals surface area contributed by atoms with E-state index in [0.717, 1.165) is 70.2 Å². The summed E-state index contributed by atoms with van der Waals surface area (Å²) in [5, 5.41) is 3.35. The molecular weight excluding hydrogens is 536 g/mol. The zero-order valence-corrected chi connectivity index (χ0v) is 28.2. The lowest BCUT2D eigenvalue weighted by Crippen LogP contribution is -2.63. The summed E-state index contributed by atoms with van der Waals surface area (Å²) in [5.74, 6) is 2.32. The second-order valence-electron chi connectivity index (χ2n) is 16.9. The molecule has 0 aromatic heterocycles. The Hall–Kier alpha value is -1.69. The van der Waals surface area contributed by atoms with Crippen molar-refractivity contribution in [1.82, 2.24) is 10.2 Å². The molecule has 0 aromatic rings. The molecule has 1 heterocycles. The first kappa shape index (κ1) is 31.3. The maximum Gasteiger partial charge on any atom is 0.302 e. The van der Waals surface area contributed by atoms with E-state index >= 15 is 0 Å². The number of hydrogen-bond donors (Lipinski definition) is 1. The number of ketones is 1. The largest absolute Gasteiger partial charge is 0.462 e. The summed E-state index contributed by atoms with van der Waals surface area (Å²) in [4.78, 5) is 42.4. The Labute approximate surface area is 260 Å². The van der Waals surface area contributed by atoms with Crippen LogP contribution in [0.4, 0.5) is 0 Å². The van der Waals surface area contributed by atoms with Crippen LogP contribution in [-0.4, -0.2) is 54.8 Å². The average Bonchev–Trinajstić information content (AvgIpc) is 3.55. The van der Waals surface area contributed by atoms with Crippen molar-refractivity contribution in [2.75, 3.05) is 26.2 Å². The van der Waals surface area contributed by atoms with Crippen LogP contribution in [0, 0.1) is 51.2 Å². The monoisotopic (exact) mass is 594 g/mol. The van der Waals surface area contributed by atoms with Gasteiger partial charge in [0.05, 0.1) is 5.41 Å². The van der Waals surface area contributed by atoms with E-state index in [9.17, 15) is 14.4 Å². The number of hydrogen-bond acceptors (Lipinski definition) is 5. The van der Waals surface area contributed by atoms with Crippen molar-refractivity contribution in [1.29, 1.82) is 0 Å². The predicted molar refractivity (Wildman–Crippen MR) is 169 cm³/mol. The normalized spacial score (nSPS) is 42.2. The van der Waals surface area contributed by atoms with Crippen molar-refractivity contribution in [3.05, 3.63) is 11.1 Å². The number of carbonyl (C=O) groups excluding carboxylic acids is 3. The second kappa shape index (κ2) is 11.0. The third-order valence-electron chi connectivity index (χ3n) is 14.2. The van der Waals surface area contributed by atoms with Gasteiger partial charge in [0.2, 0.25) is 5.91 Å². The van der Waals surface area contributed by atoms with E-state index in [-0.39, 0.29) is 45.9 Å². The van der Waals surface area contributed by atoms with Crippen LogP contribution >= 0.6 is 0 Å². The quantitative estimate of drug-likeness (QED) is 0.346. The highest BCUT2D eigenvalue weighted by atomic mass is 16.5. The molecule has 43 heavy (non-hydrogen) atoms. The predicted octanol–water partition coefficient (Wildman–Crippen LogP) is 6.72. The third kappa shape index (κ3) is 4.77. The first-order chi connectivity index (χ1) is 20.3. The highest BCUT2D eigenvalue weighted by Gasteiger charge is 2.67. The number of amides is 1. The Morgan fingerprint density at radius 1 is 0.930 bits per heavy atom. The van der Waals surface area contributed by atoms with E-state index in [4.69, 9.17) is 4.74 Å². The van der Waals surface area contributed by atoms with Crippen LogP contribution in [0.15, 0.2) is 11.1 Å². The minimum Gasteiger partial charge on any atom is -0.462 e. The topological polar surface area (TPSA) is 75.7 Å². The first-order valence-corrected chi connectivity index (χ1v) is 17.7. The van der Waals surface area contributed by atoms with E-state index in [1.54, 1.807) is 6.92 Å². The molecule has 1 aliphatic heterocycles. The summed E-state index contributed by atoms with van der Waals surface area (Å²) < 4.78 is 5.91. The Bertz CT molecular complexity index is 1180. The van der Waals surface area contributed by atoms with Crippen LogP contribution in [0.3, 0.4) is 0 Å². The van der Waals surface area contributed by atoms with Crippen molar-refractivity contribution in [3.63, 3.8) is 0 Å². The van der Waals surface area contributed by atoms with Gasteiger partial charge in [-0.1, -0.05) is 41.5 Å². The lowest BCUT2D eigenvalue weighted by atomic mass is 9.36. The number of fused-ring (bicyclic) bond motifs is 7. The molecule has 1 saturated heterocycles. The van der Waals surface area contributed by atoms with Crippen molar-refractivity contribution in [2.45, 2.75) is 125 Å². The summed E-state index contributed by atoms with van der Waals surface area (Å²) in [5.41, 5.74) is 1.97. The highest BCUT2D eigenvalue weighted by Crippen LogP contribution is 2.73. The molecule has 5 fully saturated rings. The average molecular weight is 595 g/mol. The fourth-order valence-corrected chi connectivity index (χ4v) is 12.5. The lowest BCUT2D eigenvalue weighted by Gasteiger charge is -2.68. The van der Waals surface area contributed by atoms with Crippen LogP contribution in [0.2, 0.25) is 0 Å². The Balaban J connectivity index is 1.29. The summed E-state index contributed by atoms with van der Waals surface area (Å²) in [6.45, 7) is 19.6. The number of ether oxygens (including phenoxy) is 1. The Morgan fingerprint density at radius 3 is 2.30 bits per heavy atom. The van der Waals surface area contributed by atoms with Gasteiger partial charge in [0.1, 0.15) is 6.10 Å². The fourth-order valence-electron chi connectivity index (χ4n) is 12.5. The van der Waals surface area contributed by atoms with E-state index < -0.39 is 5.41 Å². The standard InChI is InChI=1S/C37H58N2O4/c1-23(2)31-27(41)22-37(33(42)38-18-21-39-19-8-9-20-39)17-12-26-25(32(31)37)10-11-29-35(26,6)15-13-28-34(4,5)30(43-24(3)40)14-16-36(28,29)7/h23,25-26,28-30H,8-22H2,1-7H3,(H,38,42)/t25?,26?,28?,29?,30?,35?,36?,37-/m1/s1. The summed E-state index contributed by atoms with van der Waals surface area (Å²) in [6.07, 6.45) is 11.4. The smallest absolute Gasteiger partial charge is 0.302 e. The molecule has 6 heteroatoms. The van der Waals surface area contributed by atoms with Gasteiger partial charge in [0, 0.05) is 31.8 Å². The van der Waals surface area contributed by atoms with Crippen LogP contribution in [0.5, 0.6) is 0 Å². The molecule has 1 N–H and O–H groups in total. The number of allylic oxidation sites excluding steroid dienone is 1. The molecule has 7 unspecified atom stereocenters. The van der Waals surface area contributed by atoms with Crippen molar-refractivity contribution < 1.29 is 19.1 Å². The fraction of sp³-hybridized carbons (Fsp3) is 0.865. The summed E-state index contributed by atoms with van der Waals surface area (Å²) >= 11 is 0.